The van der Waals surface area contributed by atoms with Crippen LogP contribution in [0, 0.1) is 0 Å². The van der Waals surface area contributed by atoms with E-state index < -0.39 is 0 Å². The lowest BCUT2D eigenvalue weighted by molar-refractivity contribution is 0.669. The molecule has 0 spiro atoms. The minimum Gasteiger partial charge on any atom is -0.456 e. The van der Waals surface area contributed by atoms with Gasteiger partial charge in [0.05, 0.1) is 11.4 Å². The number of thiophene rings is 1. The molecule has 0 N–H and O–H groups in total. The minimum absolute atomic E-state index is 0.879. The number of anilines is 12. The third-order valence-electron chi connectivity index (χ3n) is 20.9. The molecule has 0 saturated heterocycles. The molecule has 0 aliphatic rings. The highest BCUT2D eigenvalue weighted by atomic mass is 32.1. The fourth-order valence-corrected chi connectivity index (χ4v) is 16.6. The highest BCUT2D eigenvalue weighted by Crippen LogP contribution is 2.46. The lowest BCUT2D eigenvalue weighted by Gasteiger charge is -2.27. The van der Waals surface area contributed by atoms with Gasteiger partial charge in [0, 0.05) is 105 Å². The molecule has 18 aromatic carbocycles. The summed E-state index contributed by atoms with van der Waals surface area (Å²) in [6.45, 7) is 0. The van der Waals surface area contributed by atoms with Gasteiger partial charge < -0.3 is 24.0 Å². The second kappa shape index (κ2) is 29.6. The van der Waals surface area contributed by atoms with Crippen molar-refractivity contribution in [1.82, 2.24) is 0 Å². The number of hydrogen-bond acceptors (Lipinski definition) is 6. The van der Waals surface area contributed by atoms with Crippen molar-refractivity contribution in [2.24, 2.45) is 0 Å². The monoisotopic (exact) mass is 1420 g/mol. The summed E-state index contributed by atoms with van der Waals surface area (Å²) >= 11 is 1.85. The van der Waals surface area contributed by atoms with Gasteiger partial charge in [-0.05, 0) is 201 Å². The van der Waals surface area contributed by atoms with E-state index in [1.165, 1.54) is 86.2 Å². The Kier molecular flexibility index (Phi) is 17.8. The van der Waals surface area contributed by atoms with Crippen molar-refractivity contribution < 1.29 is 4.42 Å². The Bertz CT molecular complexity index is 6190. The molecule has 0 fully saturated rings. The summed E-state index contributed by atoms with van der Waals surface area (Å²) in [5, 5.41) is 9.78. The molecule has 520 valence electrons. The normalized spacial score (nSPS) is 11.3. The largest absolute Gasteiger partial charge is 0.456 e. The zero-order valence-electron chi connectivity index (χ0n) is 60.2. The van der Waals surface area contributed by atoms with E-state index in [1.807, 2.05) is 23.5 Å². The maximum atomic E-state index is 6.28. The van der Waals surface area contributed by atoms with Gasteiger partial charge in [0.1, 0.15) is 11.2 Å². The molecular weight excluding hydrogens is 1350 g/mol. The van der Waals surface area contributed by atoms with Gasteiger partial charge in [-0.15, -0.1) is 11.3 Å². The summed E-state index contributed by atoms with van der Waals surface area (Å²) < 4.78 is 8.89. The maximum absolute atomic E-state index is 6.28. The van der Waals surface area contributed by atoms with Crippen molar-refractivity contribution in [2.45, 2.75) is 0 Å². The summed E-state index contributed by atoms with van der Waals surface area (Å²) in [5.74, 6) is 0. The standard InChI is InChI=1S/C54H36N2OS.C50H36N2/c1-3-11-41(12-4-1)55(45-31-33-48-47-15-7-9-17-51(47)57-52(48)35-45)43-27-23-39(24-28-43)37-19-21-38(22-20-37)40-25-29-44(30-26-40)56(42-13-5-2-6-14-42)46-32-34-50-49-16-8-10-18-53(49)58-54(50)36-46;1-3-17-43(18-4-1)51(49-23-11-15-41-13-7-9-21-47(41)49)45-33-29-39(30-34-45)37-25-27-38(28-26-37)40-31-35-46(36-32-40)52(44-19-5-2-6-20-44)50-24-12-16-42-14-8-10-22-48(42)50/h1-36H;1-36H. The Morgan fingerprint density at radius 2 is 0.436 bits per heavy atom. The van der Waals surface area contributed by atoms with Gasteiger partial charge in [0.15, 0.2) is 0 Å². The van der Waals surface area contributed by atoms with Crippen LogP contribution < -0.4 is 19.6 Å². The third kappa shape index (κ3) is 13.1. The molecule has 2 heterocycles. The molecule has 5 nitrogen and oxygen atoms in total. The van der Waals surface area contributed by atoms with Crippen molar-refractivity contribution >= 4 is 143 Å². The zero-order valence-corrected chi connectivity index (χ0v) is 61.0. The molecule has 0 atom stereocenters. The number of benzene rings is 18. The predicted molar refractivity (Wildman–Crippen MR) is 469 cm³/mol. The van der Waals surface area contributed by atoms with Crippen LogP contribution in [0.4, 0.5) is 68.2 Å². The number of hydrogen-bond donors (Lipinski definition) is 0. The Morgan fingerprint density at radius 1 is 0.164 bits per heavy atom. The number of para-hydroxylation sites is 5. The Hall–Kier alpha value is -14.3. The van der Waals surface area contributed by atoms with E-state index in [4.69, 9.17) is 4.42 Å². The van der Waals surface area contributed by atoms with Crippen LogP contribution in [0.5, 0.6) is 0 Å². The first kappa shape index (κ1) is 66.4. The number of furan rings is 1. The molecule has 0 aliphatic heterocycles. The average molecular weight is 1430 g/mol. The lowest BCUT2D eigenvalue weighted by Crippen LogP contribution is -2.10. The predicted octanol–water partition coefficient (Wildman–Crippen LogP) is 30.5. The van der Waals surface area contributed by atoms with Crippen LogP contribution >= 0.6 is 11.3 Å². The van der Waals surface area contributed by atoms with E-state index in [9.17, 15) is 0 Å². The Morgan fingerprint density at radius 3 is 0.855 bits per heavy atom. The number of rotatable bonds is 16. The second-order valence-electron chi connectivity index (χ2n) is 27.6. The van der Waals surface area contributed by atoms with E-state index in [2.05, 4.69) is 444 Å². The summed E-state index contributed by atoms with van der Waals surface area (Å²) in [5.41, 5.74) is 24.7. The maximum Gasteiger partial charge on any atom is 0.137 e. The van der Waals surface area contributed by atoms with Crippen molar-refractivity contribution in [3.63, 3.8) is 0 Å². The summed E-state index contributed by atoms with van der Waals surface area (Å²) in [6, 6.07) is 156. The van der Waals surface area contributed by atoms with Gasteiger partial charge >= 0.3 is 0 Å². The third-order valence-corrected chi connectivity index (χ3v) is 22.1. The van der Waals surface area contributed by atoms with Crippen LogP contribution in [0.3, 0.4) is 0 Å². The molecule has 6 heteroatoms. The van der Waals surface area contributed by atoms with Gasteiger partial charge in [-0.3, -0.25) is 0 Å². The van der Waals surface area contributed by atoms with Crippen LogP contribution in [0.1, 0.15) is 0 Å². The van der Waals surface area contributed by atoms with Crippen LogP contribution in [-0.4, -0.2) is 0 Å². The van der Waals surface area contributed by atoms with E-state index in [-0.39, 0.29) is 0 Å². The molecule has 0 bridgehead atoms. The SMILES string of the molecule is c1ccc(N(c2ccc(-c3ccc(-c4ccc(N(c5ccccc5)c5ccc6c(c5)sc5ccccc56)cc4)cc3)cc2)c2ccc3c(c2)oc2ccccc23)cc1.c1ccc(N(c2ccc(-c3ccc(-c4ccc(N(c5ccccc5)c5cccc6ccccc56)cc4)cc3)cc2)c2cccc3ccccc23)cc1. The Labute approximate surface area is 644 Å². The van der Waals surface area contributed by atoms with Crippen molar-refractivity contribution in [1.29, 1.82) is 0 Å². The Balaban J connectivity index is 0.000000150. The van der Waals surface area contributed by atoms with Crippen LogP contribution in [0.2, 0.25) is 0 Å². The minimum atomic E-state index is 0.879. The highest BCUT2D eigenvalue weighted by Gasteiger charge is 2.21. The molecule has 0 saturated carbocycles. The molecule has 110 heavy (non-hydrogen) atoms. The van der Waals surface area contributed by atoms with Gasteiger partial charge in [-0.25, -0.2) is 0 Å². The van der Waals surface area contributed by atoms with Crippen molar-refractivity contribution in [3.8, 4) is 44.5 Å². The van der Waals surface area contributed by atoms with Gasteiger partial charge in [0.25, 0.3) is 0 Å². The average Bonchev–Trinajstić information content (AvgIpc) is 1.53. The first-order valence-corrected chi connectivity index (χ1v) is 38.2. The fraction of sp³-hybridized carbons (Fsp3) is 0. The van der Waals surface area contributed by atoms with Crippen LogP contribution in [0.15, 0.2) is 441 Å². The van der Waals surface area contributed by atoms with E-state index >= 15 is 0 Å². The molecule has 0 amide bonds. The van der Waals surface area contributed by atoms with E-state index in [1.54, 1.807) is 0 Å². The molecule has 0 aliphatic carbocycles. The number of nitrogens with zero attached hydrogens (tertiary/aromatic N) is 4. The molecular formula is C104H72N4OS. The van der Waals surface area contributed by atoms with Crippen molar-refractivity contribution in [2.75, 3.05) is 19.6 Å². The van der Waals surface area contributed by atoms with Gasteiger partial charge in [-0.2, -0.15) is 0 Å². The summed E-state index contributed by atoms with van der Waals surface area (Å²) in [7, 11) is 0. The van der Waals surface area contributed by atoms with Crippen LogP contribution in [0.25, 0.3) is 108 Å². The zero-order chi connectivity index (χ0) is 73.1. The van der Waals surface area contributed by atoms with Crippen molar-refractivity contribution in [3.05, 3.63) is 437 Å². The van der Waals surface area contributed by atoms with E-state index in [0.717, 1.165) is 90.2 Å². The summed E-state index contributed by atoms with van der Waals surface area (Å²) in [6.07, 6.45) is 0. The highest BCUT2D eigenvalue weighted by molar-refractivity contribution is 7.25. The van der Waals surface area contributed by atoms with Crippen LogP contribution in [-0.2, 0) is 0 Å². The first-order valence-electron chi connectivity index (χ1n) is 37.3. The molecule has 0 radical (unpaired) electrons. The molecule has 0 unspecified atom stereocenters. The quantitative estimate of drug-likeness (QED) is 0.0961. The smallest absolute Gasteiger partial charge is 0.137 e. The first-order chi connectivity index (χ1) is 54.5. The number of fused-ring (bicyclic) bond motifs is 8. The second-order valence-corrected chi connectivity index (χ2v) is 28.7. The molecule has 20 rings (SSSR count). The fourth-order valence-electron chi connectivity index (χ4n) is 15.5. The van der Waals surface area contributed by atoms with Gasteiger partial charge in [-0.1, -0.05) is 285 Å². The van der Waals surface area contributed by atoms with Gasteiger partial charge in [0.2, 0.25) is 0 Å². The molecule has 2 aromatic heterocycles. The lowest BCUT2D eigenvalue weighted by atomic mass is 9.99. The molecule has 20 aromatic rings. The van der Waals surface area contributed by atoms with E-state index in [0.29, 0.717) is 0 Å². The topological polar surface area (TPSA) is 26.1 Å². The summed E-state index contributed by atoms with van der Waals surface area (Å²) in [4.78, 5) is 9.32.